The molecule has 0 radical (unpaired) electrons. The second kappa shape index (κ2) is 4.90. The molecule has 0 amide bonds. The molecule has 0 saturated heterocycles. The van der Waals surface area contributed by atoms with E-state index >= 15 is 0 Å². The van der Waals surface area contributed by atoms with Crippen LogP contribution in [0.5, 0.6) is 0 Å². The summed E-state index contributed by atoms with van der Waals surface area (Å²) in [5.74, 6) is 0. The molecule has 1 aliphatic rings. The zero-order valence-corrected chi connectivity index (χ0v) is 10.1. The standard InChI is InChI=1S/C10H14N2S2/c1-10(2)4-8(11-6-13)3-9(5-10)12-7-14/h8-9H,3-5H2,1-2H3. The van der Waals surface area contributed by atoms with Crippen LogP contribution >= 0.6 is 24.4 Å². The van der Waals surface area contributed by atoms with Crippen molar-refractivity contribution >= 4 is 34.8 Å². The van der Waals surface area contributed by atoms with Crippen LogP contribution in [0.15, 0.2) is 9.98 Å². The largest absolute Gasteiger partial charge is 0.229 e. The van der Waals surface area contributed by atoms with E-state index in [0.29, 0.717) is 0 Å². The van der Waals surface area contributed by atoms with Gasteiger partial charge in [-0.05, 0) is 49.1 Å². The summed E-state index contributed by atoms with van der Waals surface area (Å²) in [5, 5.41) is 4.92. The molecule has 1 saturated carbocycles. The van der Waals surface area contributed by atoms with Crippen molar-refractivity contribution in [1.29, 1.82) is 0 Å². The number of aliphatic imine (C=N–C) groups is 2. The van der Waals surface area contributed by atoms with Crippen LogP contribution in [0.3, 0.4) is 0 Å². The molecule has 2 unspecified atom stereocenters. The first-order chi connectivity index (χ1) is 6.57. The lowest BCUT2D eigenvalue weighted by atomic mass is 9.73. The first-order valence-electron chi connectivity index (χ1n) is 4.71. The molecule has 1 rings (SSSR count). The molecule has 4 heteroatoms. The summed E-state index contributed by atoms with van der Waals surface area (Å²) < 4.78 is 0. The van der Waals surface area contributed by atoms with Crippen LogP contribution in [0.25, 0.3) is 0 Å². The molecule has 2 atom stereocenters. The average molecular weight is 226 g/mol. The maximum absolute atomic E-state index is 4.63. The van der Waals surface area contributed by atoms with Crippen LogP contribution in [0.2, 0.25) is 0 Å². The van der Waals surface area contributed by atoms with E-state index in [4.69, 9.17) is 0 Å². The highest BCUT2D eigenvalue weighted by atomic mass is 32.1. The van der Waals surface area contributed by atoms with Crippen LogP contribution in [0, 0.1) is 5.41 Å². The molecule has 0 heterocycles. The van der Waals surface area contributed by atoms with Gasteiger partial charge in [0.1, 0.15) is 0 Å². The molecule has 0 aliphatic heterocycles. The fourth-order valence-corrected chi connectivity index (χ4v) is 2.48. The van der Waals surface area contributed by atoms with Crippen molar-refractivity contribution in [3.05, 3.63) is 0 Å². The van der Waals surface area contributed by atoms with Crippen LogP contribution < -0.4 is 0 Å². The van der Waals surface area contributed by atoms with E-state index in [1.807, 2.05) is 0 Å². The number of hydrogen-bond donors (Lipinski definition) is 0. The van der Waals surface area contributed by atoms with Crippen molar-refractivity contribution in [2.45, 2.75) is 45.2 Å². The summed E-state index contributed by atoms with van der Waals surface area (Å²) in [5.41, 5.74) is 0.263. The number of rotatable bonds is 2. The molecular formula is C10H14N2S2. The maximum Gasteiger partial charge on any atom is 0.0628 e. The van der Waals surface area contributed by atoms with Gasteiger partial charge >= 0.3 is 0 Å². The Balaban J connectivity index is 2.75. The molecule has 1 fully saturated rings. The molecule has 14 heavy (non-hydrogen) atoms. The minimum Gasteiger partial charge on any atom is -0.229 e. The van der Waals surface area contributed by atoms with Gasteiger partial charge in [-0.1, -0.05) is 13.8 Å². The van der Waals surface area contributed by atoms with Crippen molar-refractivity contribution < 1.29 is 0 Å². The Kier molecular flexibility index (Phi) is 4.09. The normalized spacial score (nSPS) is 29.9. The highest BCUT2D eigenvalue weighted by Crippen LogP contribution is 2.37. The van der Waals surface area contributed by atoms with Gasteiger partial charge in [0.15, 0.2) is 0 Å². The van der Waals surface area contributed by atoms with Gasteiger partial charge in [0.05, 0.1) is 22.4 Å². The van der Waals surface area contributed by atoms with Gasteiger partial charge in [-0.15, -0.1) is 0 Å². The Morgan fingerprint density at radius 3 is 1.86 bits per heavy atom. The molecule has 0 N–H and O–H groups in total. The van der Waals surface area contributed by atoms with Crippen molar-refractivity contribution in [3.8, 4) is 0 Å². The van der Waals surface area contributed by atoms with E-state index in [2.05, 4.69) is 58.6 Å². The van der Waals surface area contributed by atoms with E-state index < -0.39 is 0 Å². The minimum absolute atomic E-state index is 0.258. The molecule has 0 aromatic rings. The van der Waals surface area contributed by atoms with Gasteiger partial charge in [0.2, 0.25) is 0 Å². The average Bonchev–Trinajstić information content (AvgIpc) is 2.01. The van der Waals surface area contributed by atoms with Crippen LogP contribution in [-0.2, 0) is 0 Å². The number of hydrogen-bond acceptors (Lipinski definition) is 4. The van der Waals surface area contributed by atoms with Crippen molar-refractivity contribution in [2.24, 2.45) is 15.4 Å². The number of thiocarbonyl (C=S) groups is 2. The molecule has 76 valence electrons. The third-order valence-corrected chi connectivity index (χ3v) is 2.80. The molecule has 0 spiro atoms. The number of isothiocyanates is 2. The van der Waals surface area contributed by atoms with E-state index in [0.717, 1.165) is 19.3 Å². The smallest absolute Gasteiger partial charge is 0.0628 e. The first kappa shape index (κ1) is 11.7. The second-order valence-electron chi connectivity index (χ2n) is 4.56. The van der Waals surface area contributed by atoms with Crippen LogP contribution in [0.4, 0.5) is 0 Å². The monoisotopic (exact) mass is 226 g/mol. The maximum atomic E-state index is 4.63. The van der Waals surface area contributed by atoms with Crippen molar-refractivity contribution in [2.75, 3.05) is 0 Å². The summed E-state index contributed by atoms with van der Waals surface area (Å²) in [6.07, 6.45) is 3.04. The fourth-order valence-electron chi connectivity index (χ4n) is 2.19. The third-order valence-electron chi connectivity index (χ3n) is 2.59. The molecule has 1 aliphatic carbocycles. The predicted octanol–water partition coefficient (Wildman–Crippen LogP) is 3.14. The minimum atomic E-state index is 0.258. The van der Waals surface area contributed by atoms with Crippen LogP contribution in [-0.4, -0.2) is 22.4 Å². The zero-order chi connectivity index (χ0) is 10.6. The fraction of sp³-hybridized carbons (Fsp3) is 0.800. The Labute approximate surface area is 95.5 Å². The molecule has 0 aromatic carbocycles. The van der Waals surface area contributed by atoms with E-state index in [1.165, 1.54) is 0 Å². The Morgan fingerprint density at radius 1 is 1.07 bits per heavy atom. The summed E-state index contributed by atoms with van der Waals surface area (Å²) in [6.45, 7) is 4.45. The third kappa shape index (κ3) is 3.39. The van der Waals surface area contributed by atoms with Gasteiger partial charge < -0.3 is 0 Å². The molecule has 0 aromatic heterocycles. The van der Waals surface area contributed by atoms with Gasteiger partial charge in [-0.3, -0.25) is 0 Å². The van der Waals surface area contributed by atoms with E-state index in [9.17, 15) is 0 Å². The Bertz CT molecular complexity index is 271. The lowest BCUT2D eigenvalue weighted by Gasteiger charge is -2.36. The number of nitrogens with zero attached hydrogens (tertiary/aromatic N) is 2. The Morgan fingerprint density at radius 2 is 1.50 bits per heavy atom. The Hall–Kier alpha value is -0.400. The second-order valence-corrected chi connectivity index (χ2v) is 4.92. The SMILES string of the molecule is CC1(C)CC(N=C=S)CC(N=C=S)C1. The van der Waals surface area contributed by atoms with Gasteiger partial charge in [0.25, 0.3) is 0 Å². The summed E-state index contributed by atoms with van der Waals surface area (Å²) in [4.78, 5) is 8.31. The topological polar surface area (TPSA) is 24.7 Å². The quantitative estimate of drug-likeness (QED) is 0.534. The lowest BCUT2D eigenvalue weighted by molar-refractivity contribution is 0.201. The van der Waals surface area contributed by atoms with Gasteiger partial charge in [0, 0.05) is 0 Å². The first-order valence-corrected chi connectivity index (χ1v) is 5.53. The molecular weight excluding hydrogens is 212 g/mol. The highest BCUT2D eigenvalue weighted by Gasteiger charge is 2.33. The lowest BCUT2D eigenvalue weighted by Crippen LogP contribution is -2.33. The zero-order valence-electron chi connectivity index (χ0n) is 8.49. The highest BCUT2D eigenvalue weighted by molar-refractivity contribution is 7.78. The summed E-state index contributed by atoms with van der Waals surface area (Å²) >= 11 is 9.26. The summed E-state index contributed by atoms with van der Waals surface area (Å²) in [7, 11) is 0. The van der Waals surface area contributed by atoms with E-state index in [1.54, 1.807) is 0 Å². The van der Waals surface area contributed by atoms with Crippen molar-refractivity contribution in [1.82, 2.24) is 0 Å². The van der Waals surface area contributed by atoms with Gasteiger partial charge in [-0.2, -0.15) is 0 Å². The molecule has 0 bridgehead atoms. The van der Waals surface area contributed by atoms with E-state index in [-0.39, 0.29) is 17.5 Å². The summed E-state index contributed by atoms with van der Waals surface area (Å²) in [6, 6.07) is 0.515. The van der Waals surface area contributed by atoms with Crippen LogP contribution in [0.1, 0.15) is 33.1 Å². The van der Waals surface area contributed by atoms with Crippen molar-refractivity contribution in [3.63, 3.8) is 0 Å². The van der Waals surface area contributed by atoms with Gasteiger partial charge in [-0.25, -0.2) is 9.98 Å². The predicted molar refractivity (Wildman–Crippen MR) is 65.3 cm³/mol. The molecule has 2 nitrogen and oxygen atoms in total.